The molecule has 0 spiro atoms. The number of fused-ring (bicyclic) bond motifs is 3. The van der Waals surface area contributed by atoms with Crippen molar-refractivity contribution < 1.29 is 0 Å². The molecule has 3 heteroatoms. The Morgan fingerprint density at radius 2 is 0.843 bits per heavy atom. The number of benzene rings is 6. The lowest BCUT2D eigenvalue weighted by Crippen LogP contribution is -1.93. The molecular formula is C48H33N3. The van der Waals surface area contributed by atoms with Crippen LogP contribution in [-0.4, -0.2) is 15.0 Å². The van der Waals surface area contributed by atoms with Crippen molar-refractivity contribution in [2.24, 2.45) is 0 Å². The second kappa shape index (κ2) is 13.0. The zero-order valence-electron chi connectivity index (χ0n) is 28.2. The van der Waals surface area contributed by atoms with Gasteiger partial charge in [0.05, 0.1) is 28.1 Å². The number of aromatic nitrogens is 3. The summed E-state index contributed by atoms with van der Waals surface area (Å²) in [7, 11) is 0. The van der Waals surface area contributed by atoms with Crippen LogP contribution >= 0.6 is 0 Å². The van der Waals surface area contributed by atoms with Crippen molar-refractivity contribution in [3.8, 4) is 67.2 Å². The molecule has 0 N–H and O–H groups in total. The van der Waals surface area contributed by atoms with Crippen LogP contribution in [0.3, 0.4) is 0 Å². The van der Waals surface area contributed by atoms with Crippen molar-refractivity contribution >= 4 is 21.8 Å². The van der Waals surface area contributed by atoms with Gasteiger partial charge in [0.2, 0.25) is 0 Å². The minimum absolute atomic E-state index is 0.921. The van der Waals surface area contributed by atoms with Crippen molar-refractivity contribution in [1.82, 2.24) is 15.0 Å². The second-order valence-corrected chi connectivity index (χ2v) is 12.9. The third kappa shape index (κ3) is 5.96. The maximum atomic E-state index is 5.19. The molecule has 3 nitrogen and oxygen atoms in total. The Morgan fingerprint density at radius 3 is 1.53 bits per heavy atom. The monoisotopic (exact) mass is 651 g/mol. The van der Waals surface area contributed by atoms with Crippen LogP contribution in [0.4, 0.5) is 0 Å². The van der Waals surface area contributed by atoms with E-state index in [9.17, 15) is 0 Å². The molecule has 0 amide bonds. The van der Waals surface area contributed by atoms with Gasteiger partial charge in [-0.05, 0) is 70.6 Å². The third-order valence-electron chi connectivity index (χ3n) is 9.54. The van der Waals surface area contributed by atoms with Gasteiger partial charge >= 0.3 is 0 Å². The summed E-state index contributed by atoms with van der Waals surface area (Å²) in [5, 5.41) is 2.18. The van der Waals surface area contributed by atoms with Gasteiger partial charge in [-0.3, -0.25) is 4.98 Å². The third-order valence-corrected chi connectivity index (χ3v) is 9.54. The van der Waals surface area contributed by atoms with Crippen molar-refractivity contribution in [3.05, 3.63) is 188 Å². The van der Waals surface area contributed by atoms with E-state index in [0.717, 1.165) is 89.1 Å². The molecule has 6 aromatic carbocycles. The number of rotatable bonds is 6. The van der Waals surface area contributed by atoms with Gasteiger partial charge in [-0.1, -0.05) is 152 Å². The molecule has 0 radical (unpaired) electrons. The highest BCUT2D eigenvalue weighted by atomic mass is 14.8. The summed E-state index contributed by atoms with van der Waals surface area (Å²) >= 11 is 0. The summed E-state index contributed by atoms with van der Waals surface area (Å²) < 4.78 is 0. The lowest BCUT2D eigenvalue weighted by Gasteiger charge is -2.13. The van der Waals surface area contributed by atoms with E-state index >= 15 is 0 Å². The molecule has 3 aromatic heterocycles. The quantitative estimate of drug-likeness (QED) is 0.168. The first-order valence-corrected chi connectivity index (χ1v) is 17.3. The van der Waals surface area contributed by atoms with E-state index in [0.29, 0.717) is 0 Å². The van der Waals surface area contributed by atoms with Gasteiger partial charge in [0.1, 0.15) is 0 Å². The fourth-order valence-electron chi connectivity index (χ4n) is 6.90. The van der Waals surface area contributed by atoms with E-state index in [1.807, 2.05) is 19.1 Å². The molecule has 0 atom stereocenters. The number of aryl methyl sites for hydroxylation is 1. The maximum absolute atomic E-state index is 5.19. The Labute approximate surface area is 297 Å². The predicted molar refractivity (Wildman–Crippen MR) is 212 cm³/mol. The molecule has 9 aromatic rings. The lowest BCUT2D eigenvalue weighted by molar-refractivity contribution is 1.25. The molecule has 0 aliphatic carbocycles. The van der Waals surface area contributed by atoms with Gasteiger partial charge < -0.3 is 0 Å². The lowest BCUT2D eigenvalue weighted by atomic mass is 9.94. The summed E-state index contributed by atoms with van der Waals surface area (Å²) in [6.45, 7) is 2.03. The molecule has 9 rings (SSSR count). The molecule has 240 valence electrons. The molecule has 3 heterocycles. The summed E-state index contributed by atoms with van der Waals surface area (Å²) in [6, 6.07) is 64.0. The SMILES string of the molecule is Cc1ccc2ccc3c(-c4ccc(-c5cccc(-c6cc(-c7ccccc7)cc(-c7ccccc7)n6)c5)cc4)cc(-c4ccccc4)nc3c2n1. The first-order chi connectivity index (χ1) is 25.2. The van der Waals surface area contributed by atoms with Gasteiger partial charge in [0, 0.05) is 33.2 Å². The average molecular weight is 652 g/mol. The van der Waals surface area contributed by atoms with E-state index in [1.54, 1.807) is 0 Å². The summed E-state index contributed by atoms with van der Waals surface area (Å²) in [4.78, 5) is 15.3. The normalized spacial score (nSPS) is 11.2. The number of pyridine rings is 3. The molecule has 0 aliphatic heterocycles. The Balaban J connectivity index is 1.13. The van der Waals surface area contributed by atoms with Crippen molar-refractivity contribution in [2.45, 2.75) is 6.92 Å². The van der Waals surface area contributed by atoms with Crippen LogP contribution in [0.2, 0.25) is 0 Å². The highest BCUT2D eigenvalue weighted by Crippen LogP contribution is 2.37. The average Bonchev–Trinajstić information content (AvgIpc) is 3.21. The predicted octanol–water partition coefficient (Wildman–Crippen LogP) is 12.5. The molecule has 0 fully saturated rings. The van der Waals surface area contributed by atoms with Crippen LogP contribution in [0.1, 0.15) is 5.69 Å². The Kier molecular flexibility index (Phi) is 7.71. The van der Waals surface area contributed by atoms with E-state index < -0.39 is 0 Å². The number of nitrogens with zero attached hydrogens (tertiary/aromatic N) is 3. The minimum atomic E-state index is 0.921. The zero-order valence-corrected chi connectivity index (χ0v) is 28.2. The topological polar surface area (TPSA) is 38.7 Å². The van der Waals surface area contributed by atoms with Crippen LogP contribution < -0.4 is 0 Å². The van der Waals surface area contributed by atoms with Crippen LogP contribution in [0.15, 0.2) is 182 Å². The van der Waals surface area contributed by atoms with Crippen LogP contribution in [0, 0.1) is 6.92 Å². The maximum Gasteiger partial charge on any atom is 0.0978 e. The number of hydrogen-bond donors (Lipinski definition) is 0. The second-order valence-electron chi connectivity index (χ2n) is 12.9. The van der Waals surface area contributed by atoms with Crippen molar-refractivity contribution in [1.29, 1.82) is 0 Å². The van der Waals surface area contributed by atoms with E-state index in [1.165, 1.54) is 5.56 Å². The van der Waals surface area contributed by atoms with Crippen LogP contribution in [-0.2, 0) is 0 Å². The summed E-state index contributed by atoms with van der Waals surface area (Å²) in [5.74, 6) is 0. The van der Waals surface area contributed by atoms with Gasteiger partial charge in [-0.25, -0.2) is 9.97 Å². The molecular weight excluding hydrogens is 619 g/mol. The number of hydrogen-bond acceptors (Lipinski definition) is 3. The van der Waals surface area contributed by atoms with Gasteiger partial charge in [-0.15, -0.1) is 0 Å². The van der Waals surface area contributed by atoms with Gasteiger partial charge in [-0.2, -0.15) is 0 Å². The largest absolute Gasteiger partial charge is 0.251 e. The van der Waals surface area contributed by atoms with Crippen molar-refractivity contribution in [3.63, 3.8) is 0 Å². The van der Waals surface area contributed by atoms with E-state index in [4.69, 9.17) is 15.0 Å². The molecule has 0 saturated carbocycles. The Morgan fingerprint density at radius 1 is 0.314 bits per heavy atom. The Hall–Kier alpha value is -6.71. The van der Waals surface area contributed by atoms with Gasteiger partial charge in [0.15, 0.2) is 0 Å². The van der Waals surface area contributed by atoms with E-state index in [-0.39, 0.29) is 0 Å². The Bertz CT molecular complexity index is 2610. The van der Waals surface area contributed by atoms with Crippen LogP contribution in [0.25, 0.3) is 89.0 Å². The van der Waals surface area contributed by atoms with Crippen molar-refractivity contribution in [2.75, 3.05) is 0 Å². The highest BCUT2D eigenvalue weighted by Gasteiger charge is 2.14. The molecule has 0 bridgehead atoms. The zero-order chi connectivity index (χ0) is 34.1. The van der Waals surface area contributed by atoms with Crippen LogP contribution in [0.5, 0.6) is 0 Å². The molecule has 0 unspecified atom stereocenters. The first kappa shape index (κ1) is 30.4. The fourth-order valence-corrected chi connectivity index (χ4v) is 6.90. The standard InChI is InChI=1S/C48H33N3/c1-32-20-21-38-26-27-42-43(31-46(37-16-9-4-10-17-37)51-48(42)47(38)49-32)35-24-22-34(23-25-35)39-18-11-19-40(28-39)45-30-41(33-12-5-2-6-13-33)29-44(50-45)36-14-7-3-8-15-36/h2-31H,1H3. The summed E-state index contributed by atoms with van der Waals surface area (Å²) in [6.07, 6.45) is 0. The van der Waals surface area contributed by atoms with Gasteiger partial charge in [0.25, 0.3) is 0 Å². The molecule has 0 saturated heterocycles. The minimum Gasteiger partial charge on any atom is -0.251 e. The van der Waals surface area contributed by atoms with E-state index in [2.05, 4.69) is 170 Å². The molecule has 0 aliphatic rings. The fraction of sp³-hybridized carbons (Fsp3) is 0.0208. The molecule has 51 heavy (non-hydrogen) atoms. The highest BCUT2D eigenvalue weighted by molar-refractivity contribution is 6.09. The first-order valence-electron chi connectivity index (χ1n) is 17.3. The smallest absolute Gasteiger partial charge is 0.0978 e. The summed E-state index contributed by atoms with van der Waals surface area (Å²) in [5.41, 5.74) is 15.8.